The summed E-state index contributed by atoms with van der Waals surface area (Å²) in [5.74, 6) is 0.509. The Hall–Kier alpha value is -0.900. The van der Waals surface area contributed by atoms with E-state index in [1.165, 1.54) is 0 Å². The fourth-order valence-corrected chi connectivity index (χ4v) is 1.09. The molecule has 0 aliphatic carbocycles. The molecule has 0 atom stereocenters. The van der Waals surface area contributed by atoms with Gasteiger partial charge >= 0.3 is 0 Å². The Morgan fingerprint density at radius 2 is 2.31 bits per heavy atom. The Balaban J connectivity index is 2.75. The van der Waals surface area contributed by atoms with Crippen LogP contribution >= 0.6 is 15.9 Å². The van der Waals surface area contributed by atoms with Gasteiger partial charge in [0.05, 0.1) is 4.47 Å². The lowest BCUT2D eigenvalue weighted by Crippen LogP contribution is -2.18. The molecule has 0 bridgehead atoms. The van der Waals surface area contributed by atoms with Crippen molar-refractivity contribution in [3.63, 3.8) is 0 Å². The smallest absolute Gasteiger partial charge is 0.228 e. The van der Waals surface area contributed by atoms with E-state index in [-0.39, 0.29) is 11.8 Å². The third-order valence-corrected chi connectivity index (χ3v) is 2.16. The average molecular weight is 243 g/mol. The summed E-state index contributed by atoms with van der Waals surface area (Å²) in [6.07, 6.45) is 1.64. The summed E-state index contributed by atoms with van der Waals surface area (Å²) in [5, 5.41) is 2.71. The Morgan fingerprint density at radius 3 is 2.85 bits per heavy atom. The lowest BCUT2D eigenvalue weighted by Gasteiger charge is -2.07. The summed E-state index contributed by atoms with van der Waals surface area (Å²) in [6.45, 7) is 3.68. The molecule has 1 rings (SSSR count). The van der Waals surface area contributed by atoms with Gasteiger partial charge in [0.1, 0.15) is 5.82 Å². The lowest BCUT2D eigenvalue weighted by molar-refractivity contribution is -0.118. The third-order valence-electron chi connectivity index (χ3n) is 1.52. The maximum absolute atomic E-state index is 11.3. The first-order valence-corrected chi connectivity index (χ1v) is 4.82. The molecule has 0 aliphatic heterocycles. The second-order valence-corrected chi connectivity index (χ2v) is 3.83. The summed E-state index contributed by atoms with van der Waals surface area (Å²) >= 11 is 3.30. The minimum Gasteiger partial charge on any atom is -0.310 e. The van der Waals surface area contributed by atoms with E-state index in [4.69, 9.17) is 0 Å². The molecule has 3 nitrogen and oxygen atoms in total. The van der Waals surface area contributed by atoms with Gasteiger partial charge in [-0.25, -0.2) is 4.98 Å². The van der Waals surface area contributed by atoms with E-state index in [9.17, 15) is 4.79 Å². The zero-order chi connectivity index (χ0) is 9.84. The number of anilines is 1. The number of amides is 1. The minimum absolute atomic E-state index is 0.0283. The number of rotatable bonds is 2. The molecule has 0 radical (unpaired) electrons. The standard InChI is InChI=1S/C9H11BrN2O/c1-6(2)9(13)12-8-7(10)4-3-5-11-8/h3-6H,1-2H3,(H,11,12,13). The van der Waals surface area contributed by atoms with Crippen LogP contribution in [0.25, 0.3) is 0 Å². The highest BCUT2D eigenvalue weighted by Gasteiger charge is 2.09. The largest absolute Gasteiger partial charge is 0.310 e. The molecule has 0 spiro atoms. The Labute approximate surface area is 85.7 Å². The normalized spacial score (nSPS) is 10.2. The Kier molecular flexibility index (Phi) is 3.42. The van der Waals surface area contributed by atoms with Gasteiger partial charge in [-0.15, -0.1) is 0 Å². The molecule has 1 N–H and O–H groups in total. The van der Waals surface area contributed by atoms with Crippen LogP contribution in [0.5, 0.6) is 0 Å². The van der Waals surface area contributed by atoms with Crippen LogP contribution in [0.3, 0.4) is 0 Å². The molecule has 0 saturated carbocycles. The predicted octanol–water partition coefficient (Wildman–Crippen LogP) is 2.44. The van der Waals surface area contributed by atoms with Crippen LogP contribution in [0.15, 0.2) is 22.8 Å². The van der Waals surface area contributed by atoms with Crippen LogP contribution in [0.2, 0.25) is 0 Å². The van der Waals surface area contributed by atoms with Crippen LogP contribution in [-0.4, -0.2) is 10.9 Å². The molecule has 0 aromatic carbocycles. The van der Waals surface area contributed by atoms with Gasteiger partial charge in [-0.3, -0.25) is 4.79 Å². The minimum atomic E-state index is -0.0334. The van der Waals surface area contributed by atoms with Gasteiger partial charge in [-0.05, 0) is 28.1 Å². The summed E-state index contributed by atoms with van der Waals surface area (Å²) in [7, 11) is 0. The first-order valence-electron chi connectivity index (χ1n) is 4.02. The molecular weight excluding hydrogens is 232 g/mol. The number of nitrogens with one attached hydrogen (secondary N) is 1. The number of hydrogen-bond donors (Lipinski definition) is 1. The van der Waals surface area contributed by atoms with Crippen LogP contribution in [0.1, 0.15) is 13.8 Å². The highest BCUT2D eigenvalue weighted by atomic mass is 79.9. The van der Waals surface area contributed by atoms with Crippen molar-refractivity contribution in [3.8, 4) is 0 Å². The SMILES string of the molecule is CC(C)C(=O)Nc1ncccc1Br. The number of hydrogen-bond acceptors (Lipinski definition) is 2. The first kappa shape index (κ1) is 10.2. The third kappa shape index (κ3) is 2.81. The fraction of sp³-hybridized carbons (Fsp3) is 0.333. The van der Waals surface area contributed by atoms with Crippen LogP contribution < -0.4 is 5.32 Å². The van der Waals surface area contributed by atoms with Crippen LogP contribution in [0.4, 0.5) is 5.82 Å². The number of aromatic nitrogens is 1. The summed E-state index contributed by atoms with van der Waals surface area (Å²) < 4.78 is 0.795. The zero-order valence-electron chi connectivity index (χ0n) is 7.54. The molecule has 1 heterocycles. The lowest BCUT2D eigenvalue weighted by atomic mass is 10.2. The summed E-state index contributed by atoms with van der Waals surface area (Å²) in [6, 6.07) is 3.64. The van der Waals surface area contributed by atoms with Crippen molar-refractivity contribution in [1.29, 1.82) is 0 Å². The number of halogens is 1. The van der Waals surface area contributed by atoms with Gasteiger partial charge < -0.3 is 5.32 Å². The number of pyridine rings is 1. The molecule has 70 valence electrons. The molecule has 1 amide bonds. The molecule has 1 aromatic heterocycles. The zero-order valence-corrected chi connectivity index (χ0v) is 9.13. The van der Waals surface area contributed by atoms with Crippen molar-refractivity contribution in [1.82, 2.24) is 4.98 Å². The molecule has 13 heavy (non-hydrogen) atoms. The van der Waals surface area contributed by atoms with Gasteiger partial charge in [0.25, 0.3) is 0 Å². The van der Waals surface area contributed by atoms with E-state index in [0.29, 0.717) is 5.82 Å². The highest BCUT2D eigenvalue weighted by molar-refractivity contribution is 9.10. The van der Waals surface area contributed by atoms with E-state index in [1.807, 2.05) is 19.9 Å². The fourth-order valence-electron chi connectivity index (χ4n) is 0.739. The highest BCUT2D eigenvalue weighted by Crippen LogP contribution is 2.18. The van der Waals surface area contributed by atoms with Gasteiger partial charge in [0, 0.05) is 12.1 Å². The van der Waals surface area contributed by atoms with E-state index >= 15 is 0 Å². The second kappa shape index (κ2) is 4.37. The second-order valence-electron chi connectivity index (χ2n) is 2.98. The van der Waals surface area contributed by atoms with Crippen molar-refractivity contribution >= 4 is 27.7 Å². The molecule has 1 aromatic rings. The maximum atomic E-state index is 11.3. The molecule has 4 heteroatoms. The van der Waals surface area contributed by atoms with Gasteiger partial charge in [0.15, 0.2) is 0 Å². The van der Waals surface area contributed by atoms with Crippen molar-refractivity contribution < 1.29 is 4.79 Å². The average Bonchev–Trinajstić information content (AvgIpc) is 2.08. The van der Waals surface area contributed by atoms with Crippen molar-refractivity contribution in [3.05, 3.63) is 22.8 Å². The van der Waals surface area contributed by atoms with Crippen molar-refractivity contribution in [2.75, 3.05) is 5.32 Å². The molecule has 0 aliphatic rings. The number of carbonyl (C=O) groups is 1. The van der Waals surface area contributed by atoms with Crippen molar-refractivity contribution in [2.45, 2.75) is 13.8 Å². The Bertz CT molecular complexity index is 312. The number of nitrogens with zero attached hydrogens (tertiary/aromatic N) is 1. The van der Waals surface area contributed by atoms with Crippen molar-refractivity contribution in [2.24, 2.45) is 5.92 Å². The molecule has 0 unspecified atom stereocenters. The quantitative estimate of drug-likeness (QED) is 0.866. The van der Waals surface area contributed by atoms with Crippen LogP contribution in [-0.2, 0) is 4.79 Å². The number of carbonyl (C=O) groups excluding carboxylic acids is 1. The van der Waals surface area contributed by atoms with E-state index < -0.39 is 0 Å². The van der Waals surface area contributed by atoms with Gasteiger partial charge in [-0.1, -0.05) is 13.8 Å². The predicted molar refractivity (Wildman–Crippen MR) is 55.4 cm³/mol. The summed E-state index contributed by atoms with van der Waals surface area (Å²) in [4.78, 5) is 15.3. The Morgan fingerprint density at radius 1 is 1.62 bits per heavy atom. The summed E-state index contributed by atoms with van der Waals surface area (Å²) in [5.41, 5.74) is 0. The first-order chi connectivity index (χ1) is 6.11. The van der Waals surface area contributed by atoms with Crippen LogP contribution in [0, 0.1) is 5.92 Å². The molecule has 0 fully saturated rings. The maximum Gasteiger partial charge on any atom is 0.228 e. The molecular formula is C9H11BrN2O. The van der Waals surface area contributed by atoms with Gasteiger partial charge in [-0.2, -0.15) is 0 Å². The van der Waals surface area contributed by atoms with E-state index in [2.05, 4.69) is 26.2 Å². The monoisotopic (exact) mass is 242 g/mol. The van der Waals surface area contributed by atoms with E-state index in [1.54, 1.807) is 12.3 Å². The van der Waals surface area contributed by atoms with Gasteiger partial charge in [0.2, 0.25) is 5.91 Å². The topological polar surface area (TPSA) is 42.0 Å². The molecule has 0 saturated heterocycles. The van der Waals surface area contributed by atoms with E-state index in [0.717, 1.165) is 4.47 Å².